The van der Waals surface area contributed by atoms with Gasteiger partial charge >= 0.3 is 0 Å². The number of benzene rings is 2. The van der Waals surface area contributed by atoms with E-state index in [9.17, 15) is 4.79 Å². The number of para-hydroxylation sites is 1. The number of pyridine rings is 1. The topological polar surface area (TPSA) is 70.1 Å². The average Bonchev–Trinajstić information content (AvgIpc) is 3.20. The lowest BCUT2D eigenvalue weighted by Crippen LogP contribution is -2.49. The summed E-state index contributed by atoms with van der Waals surface area (Å²) in [5, 5.41) is 8.35. The Morgan fingerprint density at radius 3 is 2.58 bits per heavy atom. The van der Waals surface area contributed by atoms with Crippen LogP contribution in [-0.2, 0) is 17.9 Å². The van der Waals surface area contributed by atoms with E-state index in [0.29, 0.717) is 23.7 Å². The summed E-state index contributed by atoms with van der Waals surface area (Å²) in [7, 11) is 0. The molecule has 1 N–H and O–H groups in total. The van der Waals surface area contributed by atoms with Crippen molar-refractivity contribution in [2.75, 3.05) is 26.2 Å². The molecule has 8 heteroatoms. The second-order valence-electron chi connectivity index (χ2n) is 8.45. The number of nitrogens with one attached hydrogen (secondary N) is 1. The molecule has 0 aliphatic carbocycles. The predicted octanol–water partition coefficient (Wildman–Crippen LogP) is 3.81. The highest BCUT2D eigenvalue weighted by molar-refractivity contribution is 7.71. The number of carbonyl (C=O) groups is 1. The van der Waals surface area contributed by atoms with Crippen molar-refractivity contribution in [1.29, 1.82) is 0 Å². The fourth-order valence-corrected chi connectivity index (χ4v) is 4.51. The quantitative estimate of drug-likeness (QED) is 0.461. The summed E-state index contributed by atoms with van der Waals surface area (Å²) in [6.07, 6.45) is 1.84. The zero-order valence-corrected chi connectivity index (χ0v) is 19.4. The molecule has 0 atom stereocenters. The minimum atomic E-state index is 0.0624. The smallest absolute Gasteiger partial charge is 0.242 e. The van der Waals surface area contributed by atoms with Crippen LogP contribution in [-0.4, -0.2) is 61.6 Å². The molecule has 0 bridgehead atoms. The van der Waals surface area contributed by atoms with Gasteiger partial charge in [0.05, 0.1) is 5.52 Å². The van der Waals surface area contributed by atoms with Crippen LogP contribution in [0.2, 0.25) is 0 Å². The number of rotatable bonds is 5. The van der Waals surface area contributed by atoms with Crippen LogP contribution in [0.25, 0.3) is 22.3 Å². The molecule has 1 aliphatic heterocycles. The Morgan fingerprint density at radius 2 is 1.79 bits per heavy atom. The van der Waals surface area contributed by atoms with Crippen LogP contribution in [0, 0.1) is 11.7 Å². The van der Waals surface area contributed by atoms with Crippen molar-refractivity contribution in [2.45, 2.75) is 20.0 Å². The third kappa shape index (κ3) is 4.58. The van der Waals surface area contributed by atoms with E-state index in [-0.39, 0.29) is 12.5 Å². The van der Waals surface area contributed by atoms with Gasteiger partial charge in [0.1, 0.15) is 6.54 Å². The molecule has 2 aromatic heterocycles. The van der Waals surface area contributed by atoms with E-state index in [1.807, 2.05) is 48.4 Å². The van der Waals surface area contributed by atoms with Gasteiger partial charge in [0.2, 0.25) is 5.91 Å². The normalized spacial score (nSPS) is 14.6. The van der Waals surface area contributed by atoms with E-state index >= 15 is 0 Å². The van der Waals surface area contributed by atoms with Gasteiger partial charge in [-0.3, -0.25) is 24.3 Å². The van der Waals surface area contributed by atoms with Crippen LogP contribution in [0.3, 0.4) is 0 Å². The monoisotopic (exact) mass is 458 g/mol. The average molecular weight is 459 g/mol. The Kier molecular flexibility index (Phi) is 6.02. The van der Waals surface area contributed by atoms with Crippen molar-refractivity contribution in [1.82, 2.24) is 29.5 Å². The van der Waals surface area contributed by atoms with Crippen molar-refractivity contribution in [3.05, 3.63) is 76.7 Å². The summed E-state index contributed by atoms with van der Waals surface area (Å²) in [6, 6.07) is 18.4. The van der Waals surface area contributed by atoms with E-state index in [2.05, 4.69) is 44.3 Å². The molecule has 33 heavy (non-hydrogen) atoms. The van der Waals surface area contributed by atoms with Crippen molar-refractivity contribution < 1.29 is 4.79 Å². The zero-order chi connectivity index (χ0) is 22.8. The predicted molar refractivity (Wildman–Crippen MR) is 131 cm³/mol. The van der Waals surface area contributed by atoms with E-state index in [1.165, 1.54) is 11.1 Å². The van der Waals surface area contributed by atoms with Gasteiger partial charge in [-0.2, -0.15) is 5.10 Å². The molecule has 0 unspecified atom stereocenters. The first-order valence-corrected chi connectivity index (χ1v) is 11.5. The second-order valence-corrected chi connectivity index (χ2v) is 8.84. The Hall–Kier alpha value is -3.36. The molecule has 168 valence electrons. The molecule has 1 fully saturated rings. The maximum atomic E-state index is 13.1. The van der Waals surface area contributed by atoms with Gasteiger partial charge in [-0.25, -0.2) is 0 Å². The Morgan fingerprint density at radius 1 is 1.03 bits per heavy atom. The van der Waals surface area contributed by atoms with Crippen molar-refractivity contribution in [2.24, 2.45) is 0 Å². The molecule has 0 radical (unpaired) electrons. The van der Waals surface area contributed by atoms with Gasteiger partial charge in [-0.1, -0.05) is 54.1 Å². The summed E-state index contributed by atoms with van der Waals surface area (Å²) < 4.78 is 2.25. The molecule has 4 aromatic rings. The highest BCUT2D eigenvalue weighted by Crippen LogP contribution is 2.20. The van der Waals surface area contributed by atoms with Crippen molar-refractivity contribution in [3.8, 4) is 11.4 Å². The van der Waals surface area contributed by atoms with Crippen LogP contribution in [0.15, 0.2) is 60.8 Å². The van der Waals surface area contributed by atoms with Crippen molar-refractivity contribution in [3.63, 3.8) is 0 Å². The molecule has 1 aliphatic rings. The Bertz CT molecular complexity index is 1330. The number of piperazine rings is 1. The van der Waals surface area contributed by atoms with Gasteiger partial charge in [0.15, 0.2) is 10.6 Å². The molecule has 5 rings (SSSR count). The number of carbonyl (C=O) groups excluding carboxylic acids is 1. The molecule has 1 saturated heterocycles. The summed E-state index contributed by atoms with van der Waals surface area (Å²) in [5.41, 5.74) is 4.39. The van der Waals surface area contributed by atoms with Crippen LogP contribution < -0.4 is 0 Å². The van der Waals surface area contributed by atoms with Gasteiger partial charge < -0.3 is 4.90 Å². The second kappa shape index (κ2) is 9.25. The molecule has 0 spiro atoms. The molecule has 7 nitrogen and oxygen atoms in total. The minimum absolute atomic E-state index is 0.0624. The molecule has 3 heterocycles. The van der Waals surface area contributed by atoms with E-state index in [4.69, 9.17) is 12.2 Å². The van der Waals surface area contributed by atoms with Gasteiger partial charge in [-0.05, 0) is 30.8 Å². The fraction of sp³-hybridized carbons (Fsp3) is 0.280. The highest BCUT2D eigenvalue weighted by atomic mass is 32.1. The number of amides is 1. The number of nitrogens with zero attached hydrogens (tertiary/aromatic N) is 5. The van der Waals surface area contributed by atoms with Gasteiger partial charge in [0, 0.05) is 49.9 Å². The lowest BCUT2D eigenvalue weighted by Gasteiger charge is -2.35. The van der Waals surface area contributed by atoms with Crippen molar-refractivity contribution >= 4 is 29.0 Å². The van der Waals surface area contributed by atoms with Gasteiger partial charge in [-0.15, -0.1) is 0 Å². The first-order chi connectivity index (χ1) is 16.1. The van der Waals surface area contributed by atoms with Crippen LogP contribution in [0.1, 0.15) is 11.1 Å². The zero-order valence-electron chi connectivity index (χ0n) is 18.6. The number of aromatic nitrogens is 4. The lowest BCUT2D eigenvalue weighted by molar-refractivity contribution is -0.133. The highest BCUT2D eigenvalue weighted by Gasteiger charge is 2.23. The minimum Gasteiger partial charge on any atom is -0.339 e. The molecule has 0 saturated carbocycles. The maximum absolute atomic E-state index is 13.1. The number of H-pyrrole nitrogens is 1. The fourth-order valence-electron chi connectivity index (χ4n) is 4.31. The van der Waals surface area contributed by atoms with E-state index in [0.717, 1.165) is 36.1 Å². The molecule has 1 amide bonds. The molecular formula is C25H26N6OS. The summed E-state index contributed by atoms with van der Waals surface area (Å²) in [6.45, 7) is 6.12. The summed E-state index contributed by atoms with van der Waals surface area (Å²) >= 11 is 5.41. The SMILES string of the molecule is Cc1ccc(-c2n[nH]c(=S)n2CC(=O)N2CCN(Cc3cccc4cccnc34)CC2)cc1. The number of aryl methyl sites for hydroxylation is 1. The summed E-state index contributed by atoms with van der Waals surface area (Å²) in [5.74, 6) is 0.753. The summed E-state index contributed by atoms with van der Waals surface area (Å²) in [4.78, 5) is 22.0. The number of aromatic amines is 1. The third-order valence-electron chi connectivity index (χ3n) is 6.20. The Balaban J connectivity index is 1.23. The number of fused-ring (bicyclic) bond motifs is 1. The largest absolute Gasteiger partial charge is 0.339 e. The van der Waals surface area contributed by atoms with Crippen LogP contribution in [0.4, 0.5) is 0 Å². The standard InChI is InChI=1S/C25H26N6OS/c1-18-7-9-20(10-8-18)24-27-28-25(33)31(24)17-22(32)30-14-12-29(13-15-30)16-21-5-2-4-19-6-3-11-26-23(19)21/h2-11H,12-17H2,1H3,(H,28,33). The number of hydrogen-bond acceptors (Lipinski definition) is 5. The first kappa shape index (κ1) is 21.5. The van der Waals surface area contributed by atoms with E-state index < -0.39 is 0 Å². The first-order valence-electron chi connectivity index (χ1n) is 11.1. The maximum Gasteiger partial charge on any atom is 0.242 e. The van der Waals surface area contributed by atoms with Gasteiger partial charge in [0.25, 0.3) is 0 Å². The van der Waals surface area contributed by atoms with E-state index in [1.54, 1.807) is 4.57 Å². The number of hydrogen-bond donors (Lipinski definition) is 1. The molecular weight excluding hydrogens is 432 g/mol. The third-order valence-corrected chi connectivity index (χ3v) is 6.51. The van der Waals surface area contributed by atoms with Crippen LogP contribution in [0.5, 0.6) is 0 Å². The molecule has 2 aromatic carbocycles. The lowest BCUT2D eigenvalue weighted by atomic mass is 10.1. The Labute approximate surface area is 197 Å². The van der Waals surface area contributed by atoms with Crippen LogP contribution >= 0.6 is 12.2 Å².